The van der Waals surface area contributed by atoms with Gasteiger partial charge in [0.05, 0.1) is 16.0 Å². The molecule has 2 rings (SSSR count). The largest absolute Gasteiger partial charge is 0.484 e. The highest BCUT2D eigenvalue weighted by Crippen LogP contribution is 2.38. The number of amides is 1. The number of alkyl halides is 6. The third kappa shape index (κ3) is 6.38. The molecule has 33 heavy (non-hydrogen) atoms. The first kappa shape index (κ1) is 26.5. The average molecular weight is 498 g/mol. The topological polar surface area (TPSA) is 75.7 Å². The fourth-order valence-electron chi connectivity index (χ4n) is 2.66. The molecule has 0 aliphatic rings. The van der Waals surface area contributed by atoms with Gasteiger partial charge in [0.1, 0.15) is 5.75 Å². The minimum Gasteiger partial charge on any atom is -0.484 e. The Morgan fingerprint density at radius 1 is 0.939 bits per heavy atom. The Balaban J connectivity index is 2.27. The van der Waals surface area contributed by atoms with Crippen molar-refractivity contribution < 1.29 is 44.3 Å². The minimum absolute atomic E-state index is 0.0598. The van der Waals surface area contributed by atoms with Crippen LogP contribution in [0.2, 0.25) is 0 Å². The van der Waals surface area contributed by atoms with Crippen molar-refractivity contribution in [2.75, 3.05) is 26.0 Å². The van der Waals surface area contributed by atoms with E-state index in [1.807, 2.05) is 0 Å². The number of rotatable bonds is 6. The summed E-state index contributed by atoms with van der Waals surface area (Å²) in [4.78, 5) is 12.2. The maximum atomic E-state index is 12.9. The van der Waals surface area contributed by atoms with Gasteiger partial charge in [-0.1, -0.05) is 0 Å². The Hall–Kier alpha value is -2.80. The van der Waals surface area contributed by atoms with E-state index in [0.29, 0.717) is 23.3 Å². The van der Waals surface area contributed by atoms with Crippen molar-refractivity contribution in [1.82, 2.24) is 4.31 Å². The molecular formula is C20H20F6N2O4S. The molecule has 0 aromatic heterocycles. The second-order valence-electron chi connectivity index (χ2n) is 7.28. The van der Waals surface area contributed by atoms with E-state index >= 15 is 0 Å². The molecule has 0 saturated carbocycles. The van der Waals surface area contributed by atoms with Gasteiger partial charge in [-0.2, -0.15) is 26.3 Å². The zero-order valence-corrected chi connectivity index (χ0v) is 18.7. The summed E-state index contributed by atoms with van der Waals surface area (Å²) in [5.74, 6) is -1.72. The number of benzene rings is 2. The predicted octanol–water partition coefficient (Wildman–Crippen LogP) is 4.61. The van der Waals surface area contributed by atoms with Crippen LogP contribution in [0.25, 0.3) is 0 Å². The van der Waals surface area contributed by atoms with E-state index in [1.54, 1.807) is 13.8 Å². The van der Waals surface area contributed by atoms with Crippen molar-refractivity contribution >= 4 is 21.6 Å². The lowest BCUT2D eigenvalue weighted by atomic mass is 10.1. The molecule has 182 valence electrons. The van der Waals surface area contributed by atoms with Crippen molar-refractivity contribution in [1.29, 1.82) is 0 Å². The van der Waals surface area contributed by atoms with Crippen molar-refractivity contribution in [2.24, 2.45) is 0 Å². The molecule has 0 unspecified atom stereocenters. The maximum Gasteiger partial charge on any atom is 0.416 e. The summed E-state index contributed by atoms with van der Waals surface area (Å²) in [5, 5.41) is 2.37. The summed E-state index contributed by atoms with van der Waals surface area (Å²) in [6.07, 6.45) is -10.1. The average Bonchev–Trinajstić information content (AvgIpc) is 2.68. The van der Waals surface area contributed by atoms with E-state index in [9.17, 15) is 39.6 Å². The second kappa shape index (κ2) is 9.21. The number of aryl methyl sites for hydroxylation is 1. The van der Waals surface area contributed by atoms with E-state index in [2.05, 4.69) is 5.32 Å². The van der Waals surface area contributed by atoms with E-state index in [0.717, 1.165) is 4.31 Å². The second-order valence-corrected chi connectivity index (χ2v) is 9.43. The smallest absolute Gasteiger partial charge is 0.416 e. The summed E-state index contributed by atoms with van der Waals surface area (Å²) in [7, 11) is -1.19. The minimum atomic E-state index is -5.06. The zero-order valence-electron chi connectivity index (χ0n) is 17.9. The summed E-state index contributed by atoms with van der Waals surface area (Å²) in [6.45, 7) is 2.29. The molecule has 13 heteroatoms. The summed E-state index contributed by atoms with van der Waals surface area (Å²) < 4.78 is 108. The first-order chi connectivity index (χ1) is 14.9. The highest BCUT2D eigenvalue weighted by Gasteiger charge is 2.37. The van der Waals surface area contributed by atoms with Crippen molar-refractivity contribution in [3.63, 3.8) is 0 Å². The molecule has 0 fully saturated rings. The number of nitrogens with zero attached hydrogens (tertiary/aromatic N) is 1. The van der Waals surface area contributed by atoms with Crippen LogP contribution in [-0.2, 0) is 27.2 Å². The number of carbonyl (C=O) groups is 1. The number of anilines is 1. The standard InChI is InChI=1S/C20H20F6N2O4S/c1-11-5-16(33(30,31)28(3)4)9-17(12(11)2)27-18(29)10-32-15-7-13(19(21,22)23)6-14(8-15)20(24,25)26/h5-9H,10H2,1-4H3,(H,27,29). The number of nitrogens with one attached hydrogen (secondary N) is 1. The third-order valence-electron chi connectivity index (χ3n) is 4.62. The van der Waals surface area contributed by atoms with Crippen LogP contribution < -0.4 is 10.1 Å². The highest BCUT2D eigenvalue weighted by atomic mass is 32.2. The molecule has 0 radical (unpaired) electrons. The van der Waals surface area contributed by atoms with Crippen molar-refractivity contribution in [2.45, 2.75) is 31.1 Å². The molecule has 0 bridgehead atoms. The van der Waals surface area contributed by atoms with Gasteiger partial charge < -0.3 is 10.1 Å². The quantitative estimate of drug-likeness (QED) is 0.591. The van der Waals surface area contributed by atoms with Crippen molar-refractivity contribution in [3.8, 4) is 5.75 Å². The van der Waals surface area contributed by atoms with Crippen molar-refractivity contribution in [3.05, 3.63) is 52.6 Å². The van der Waals surface area contributed by atoms with Gasteiger partial charge in [-0.05, 0) is 55.3 Å². The van der Waals surface area contributed by atoms with Gasteiger partial charge in [-0.15, -0.1) is 0 Å². The van der Waals surface area contributed by atoms with Crippen LogP contribution in [0.5, 0.6) is 5.75 Å². The Kier molecular flexibility index (Phi) is 7.39. The molecule has 0 aliphatic heterocycles. The number of hydrogen-bond acceptors (Lipinski definition) is 4. The number of hydrogen-bond donors (Lipinski definition) is 1. The van der Waals surface area contributed by atoms with Crippen LogP contribution in [0.1, 0.15) is 22.3 Å². The molecule has 0 heterocycles. The molecule has 1 amide bonds. The number of sulfonamides is 1. The van der Waals surface area contributed by atoms with Crippen LogP contribution in [-0.4, -0.2) is 39.3 Å². The molecular weight excluding hydrogens is 478 g/mol. The van der Waals surface area contributed by atoms with E-state index in [1.165, 1.54) is 26.2 Å². The molecule has 0 spiro atoms. The Morgan fingerprint density at radius 3 is 1.91 bits per heavy atom. The van der Waals surface area contributed by atoms with Crippen LogP contribution in [0.3, 0.4) is 0 Å². The predicted molar refractivity (Wildman–Crippen MR) is 107 cm³/mol. The molecule has 1 N–H and O–H groups in total. The van der Waals surface area contributed by atoms with Crippen LogP contribution in [0.4, 0.5) is 32.0 Å². The maximum absolute atomic E-state index is 12.9. The van der Waals surface area contributed by atoms with E-state index in [4.69, 9.17) is 4.74 Å². The normalized spacial score (nSPS) is 12.7. The first-order valence-electron chi connectivity index (χ1n) is 9.19. The monoisotopic (exact) mass is 498 g/mol. The zero-order chi connectivity index (χ0) is 25.4. The molecule has 6 nitrogen and oxygen atoms in total. The fraction of sp³-hybridized carbons (Fsp3) is 0.350. The number of carbonyl (C=O) groups excluding carboxylic acids is 1. The molecule has 0 saturated heterocycles. The highest BCUT2D eigenvalue weighted by molar-refractivity contribution is 7.89. The molecule has 2 aromatic carbocycles. The van der Waals surface area contributed by atoms with E-state index in [-0.39, 0.29) is 16.6 Å². The van der Waals surface area contributed by atoms with Gasteiger partial charge in [0.2, 0.25) is 10.0 Å². The van der Waals surface area contributed by atoms with Gasteiger partial charge in [0.25, 0.3) is 5.91 Å². The van der Waals surface area contributed by atoms with Crippen LogP contribution in [0, 0.1) is 13.8 Å². The molecule has 0 atom stereocenters. The SMILES string of the molecule is Cc1cc(S(=O)(=O)N(C)C)cc(NC(=O)COc2cc(C(F)(F)F)cc(C(F)(F)F)c2)c1C. The molecule has 2 aromatic rings. The lowest BCUT2D eigenvalue weighted by Crippen LogP contribution is -2.24. The summed E-state index contributed by atoms with van der Waals surface area (Å²) >= 11 is 0. The van der Waals surface area contributed by atoms with Crippen LogP contribution >= 0.6 is 0 Å². The Labute approximate surface area is 186 Å². The van der Waals surface area contributed by atoms with Gasteiger partial charge in [-0.25, -0.2) is 12.7 Å². The van der Waals surface area contributed by atoms with Gasteiger partial charge in [-0.3, -0.25) is 4.79 Å². The summed E-state index contributed by atoms with van der Waals surface area (Å²) in [5.41, 5.74) is -2.02. The lowest BCUT2D eigenvalue weighted by molar-refractivity contribution is -0.143. The Morgan fingerprint density at radius 2 is 1.45 bits per heavy atom. The van der Waals surface area contributed by atoms with Crippen LogP contribution in [0.15, 0.2) is 35.2 Å². The van der Waals surface area contributed by atoms with Gasteiger partial charge in [0, 0.05) is 19.8 Å². The fourth-order valence-corrected chi connectivity index (χ4v) is 3.67. The van der Waals surface area contributed by atoms with Gasteiger partial charge in [0.15, 0.2) is 6.61 Å². The lowest BCUT2D eigenvalue weighted by Gasteiger charge is -2.17. The van der Waals surface area contributed by atoms with Gasteiger partial charge >= 0.3 is 12.4 Å². The Bertz CT molecular complexity index is 1130. The third-order valence-corrected chi connectivity index (χ3v) is 6.42. The summed E-state index contributed by atoms with van der Waals surface area (Å²) in [6, 6.07) is 3.24. The number of ether oxygens (including phenoxy) is 1. The number of halogens is 6. The van der Waals surface area contributed by atoms with E-state index < -0.39 is 51.8 Å². The first-order valence-corrected chi connectivity index (χ1v) is 10.6. The molecule has 0 aliphatic carbocycles.